The highest BCUT2D eigenvalue weighted by atomic mass is 32.2. The van der Waals surface area contributed by atoms with E-state index < -0.39 is 10.0 Å². The summed E-state index contributed by atoms with van der Waals surface area (Å²) in [7, 11) is -1.91. The molecule has 1 aromatic heterocycles. The number of hydrogen-bond acceptors (Lipinski definition) is 6. The first-order valence-corrected chi connectivity index (χ1v) is 12.1. The molecular weight excluding hydrogens is 428 g/mol. The van der Waals surface area contributed by atoms with Gasteiger partial charge < -0.3 is 9.84 Å². The highest BCUT2D eigenvalue weighted by Crippen LogP contribution is 2.27. The van der Waals surface area contributed by atoms with Gasteiger partial charge in [0.1, 0.15) is 0 Å². The van der Waals surface area contributed by atoms with Crippen molar-refractivity contribution in [3.8, 4) is 11.5 Å². The Morgan fingerprint density at radius 2 is 1.69 bits per heavy atom. The summed E-state index contributed by atoms with van der Waals surface area (Å²) in [6.45, 7) is 1.74. The molecule has 8 nitrogen and oxygen atoms in total. The molecule has 0 bridgehead atoms. The zero-order valence-electron chi connectivity index (χ0n) is 18.1. The van der Waals surface area contributed by atoms with Gasteiger partial charge in [0.05, 0.1) is 4.90 Å². The zero-order valence-corrected chi connectivity index (χ0v) is 18.9. The summed E-state index contributed by atoms with van der Waals surface area (Å²) in [5.41, 5.74) is 1.70. The second kappa shape index (κ2) is 9.22. The third-order valence-electron chi connectivity index (χ3n) is 5.80. The van der Waals surface area contributed by atoms with Crippen molar-refractivity contribution >= 4 is 21.6 Å². The van der Waals surface area contributed by atoms with Crippen LogP contribution in [0, 0.1) is 6.92 Å². The number of hydrogen-bond donors (Lipinski definition) is 1. The molecule has 1 heterocycles. The standard InChI is InChI=1S/C23H26N4O4S/c1-16-24-23(31-26-16)18-10-8-17(9-11-18)22(28)25-19-12-14-21(15-13-19)32(29,30)27(2)20-6-4-3-5-7-20/h8-15,20H,3-7H2,1-2H3,(H,25,28). The van der Waals surface area contributed by atoms with E-state index in [1.54, 1.807) is 50.4 Å². The first kappa shape index (κ1) is 22.2. The SMILES string of the molecule is Cc1noc(-c2ccc(C(=O)Nc3ccc(S(=O)(=O)N(C)C4CCCCC4)cc3)cc2)n1. The molecule has 1 amide bonds. The van der Waals surface area contributed by atoms with Crippen molar-refractivity contribution in [1.82, 2.24) is 14.4 Å². The van der Waals surface area contributed by atoms with Crippen molar-refractivity contribution in [1.29, 1.82) is 0 Å². The number of nitrogens with one attached hydrogen (secondary N) is 1. The molecule has 0 saturated heterocycles. The van der Waals surface area contributed by atoms with Crippen LogP contribution in [0.4, 0.5) is 5.69 Å². The highest BCUT2D eigenvalue weighted by molar-refractivity contribution is 7.89. The fourth-order valence-electron chi connectivity index (χ4n) is 3.90. The summed E-state index contributed by atoms with van der Waals surface area (Å²) in [5.74, 6) is 0.634. The molecule has 0 aliphatic heterocycles. The first-order chi connectivity index (χ1) is 15.3. The lowest BCUT2D eigenvalue weighted by Gasteiger charge is -2.30. The minimum Gasteiger partial charge on any atom is -0.334 e. The number of nitrogens with zero attached hydrogens (tertiary/aromatic N) is 3. The Labute approximate surface area is 187 Å². The fourth-order valence-corrected chi connectivity index (χ4v) is 5.32. The highest BCUT2D eigenvalue weighted by Gasteiger charge is 2.29. The van der Waals surface area contributed by atoms with E-state index >= 15 is 0 Å². The average molecular weight is 455 g/mol. The van der Waals surface area contributed by atoms with Gasteiger partial charge in [-0.1, -0.05) is 24.4 Å². The third-order valence-corrected chi connectivity index (χ3v) is 7.72. The minimum atomic E-state index is -3.56. The molecule has 2 aromatic carbocycles. The summed E-state index contributed by atoms with van der Waals surface area (Å²) < 4.78 is 32.5. The van der Waals surface area contributed by atoms with Crippen LogP contribution in [0.15, 0.2) is 57.9 Å². The maximum absolute atomic E-state index is 13.0. The monoisotopic (exact) mass is 454 g/mol. The number of aromatic nitrogens is 2. The molecule has 168 valence electrons. The summed E-state index contributed by atoms with van der Waals surface area (Å²) in [5, 5.41) is 6.55. The van der Waals surface area contributed by atoms with Gasteiger partial charge in [-0.25, -0.2) is 8.42 Å². The Morgan fingerprint density at radius 1 is 1.03 bits per heavy atom. The lowest BCUT2D eigenvalue weighted by Crippen LogP contribution is -2.38. The van der Waals surface area contributed by atoms with Gasteiger partial charge in [-0.3, -0.25) is 4.79 Å². The quantitative estimate of drug-likeness (QED) is 0.597. The van der Waals surface area contributed by atoms with Gasteiger partial charge >= 0.3 is 0 Å². The number of benzene rings is 2. The number of sulfonamides is 1. The maximum atomic E-state index is 13.0. The number of anilines is 1. The van der Waals surface area contributed by atoms with Crippen LogP contribution in [-0.4, -0.2) is 41.9 Å². The van der Waals surface area contributed by atoms with Crippen LogP contribution in [0.2, 0.25) is 0 Å². The molecule has 0 unspecified atom stereocenters. The normalized spacial score (nSPS) is 15.1. The van der Waals surface area contributed by atoms with E-state index in [0.29, 0.717) is 23.0 Å². The van der Waals surface area contributed by atoms with Gasteiger partial charge in [-0.05, 0) is 68.3 Å². The number of amides is 1. The second-order valence-corrected chi connectivity index (χ2v) is 10.0. The van der Waals surface area contributed by atoms with Crippen LogP contribution in [0.5, 0.6) is 0 Å². The molecule has 9 heteroatoms. The summed E-state index contributed by atoms with van der Waals surface area (Å²) in [4.78, 5) is 17.0. The van der Waals surface area contributed by atoms with Gasteiger partial charge in [0.25, 0.3) is 11.8 Å². The number of carbonyl (C=O) groups is 1. The topological polar surface area (TPSA) is 105 Å². The van der Waals surface area contributed by atoms with Gasteiger partial charge in [-0.2, -0.15) is 9.29 Å². The van der Waals surface area contributed by atoms with Crippen molar-refractivity contribution < 1.29 is 17.7 Å². The molecule has 3 aromatic rings. The van der Waals surface area contributed by atoms with E-state index in [9.17, 15) is 13.2 Å². The van der Waals surface area contributed by atoms with Crippen LogP contribution in [0.25, 0.3) is 11.5 Å². The Morgan fingerprint density at radius 3 is 2.28 bits per heavy atom. The first-order valence-electron chi connectivity index (χ1n) is 10.6. The molecule has 32 heavy (non-hydrogen) atoms. The van der Waals surface area contributed by atoms with Crippen molar-refractivity contribution in [2.75, 3.05) is 12.4 Å². The summed E-state index contributed by atoms with van der Waals surface area (Å²) in [6, 6.07) is 13.1. The fraction of sp³-hybridized carbons (Fsp3) is 0.348. The molecule has 1 saturated carbocycles. The Balaban J connectivity index is 1.42. The van der Waals surface area contributed by atoms with Crippen LogP contribution in [0.1, 0.15) is 48.3 Å². The van der Waals surface area contributed by atoms with Crippen molar-refractivity contribution in [2.24, 2.45) is 0 Å². The van der Waals surface area contributed by atoms with E-state index in [2.05, 4.69) is 15.5 Å². The largest absolute Gasteiger partial charge is 0.334 e. The molecule has 0 spiro atoms. The molecule has 0 atom stereocenters. The van der Waals surface area contributed by atoms with Gasteiger partial charge in [-0.15, -0.1) is 0 Å². The Hall–Kier alpha value is -3.04. The molecule has 1 aliphatic carbocycles. The van der Waals surface area contributed by atoms with Crippen molar-refractivity contribution in [3.63, 3.8) is 0 Å². The van der Waals surface area contributed by atoms with Gasteiger partial charge in [0.15, 0.2) is 5.82 Å². The van der Waals surface area contributed by atoms with E-state index in [-0.39, 0.29) is 16.8 Å². The summed E-state index contributed by atoms with van der Waals surface area (Å²) in [6.07, 6.45) is 5.08. The van der Waals surface area contributed by atoms with Gasteiger partial charge in [0.2, 0.25) is 10.0 Å². The second-order valence-electron chi connectivity index (χ2n) is 8.02. The molecular formula is C23H26N4O4S. The number of aryl methyl sites for hydroxylation is 1. The van der Waals surface area contributed by atoms with Crippen LogP contribution in [-0.2, 0) is 10.0 Å². The van der Waals surface area contributed by atoms with E-state index in [0.717, 1.165) is 37.7 Å². The Kier molecular flexibility index (Phi) is 6.38. The lowest BCUT2D eigenvalue weighted by molar-refractivity contribution is 0.102. The van der Waals surface area contributed by atoms with Crippen molar-refractivity contribution in [3.05, 3.63) is 59.9 Å². The van der Waals surface area contributed by atoms with Crippen LogP contribution < -0.4 is 5.32 Å². The summed E-state index contributed by atoms with van der Waals surface area (Å²) >= 11 is 0. The number of carbonyl (C=O) groups excluding carboxylic acids is 1. The lowest BCUT2D eigenvalue weighted by atomic mass is 9.96. The van der Waals surface area contributed by atoms with Crippen molar-refractivity contribution in [2.45, 2.75) is 50.0 Å². The number of rotatable bonds is 6. The average Bonchev–Trinajstić information content (AvgIpc) is 3.26. The van der Waals surface area contributed by atoms with Crippen LogP contribution >= 0.6 is 0 Å². The predicted octanol–water partition coefficient (Wildman–Crippen LogP) is 4.25. The molecule has 1 fully saturated rings. The smallest absolute Gasteiger partial charge is 0.257 e. The van der Waals surface area contributed by atoms with E-state index in [1.807, 2.05) is 0 Å². The zero-order chi connectivity index (χ0) is 22.7. The minimum absolute atomic E-state index is 0.0483. The van der Waals surface area contributed by atoms with E-state index in [4.69, 9.17) is 4.52 Å². The molecule has 1 aliphatic rings. The third kappa shape index (κ3) is 4.73. The maximum Gasteiger partial charge on any atom is 0.257 e. The molecule has 1 N–H and O–H groups in total. The molecule has 0 radical (unpaired) electrons. The van der Waals surface area contributed by atoms with E-state index in [1.165, 1.54) is 16.4 Å². The Bertz CT molecular complexity index is 1180. The van der Waals surface area contributed by atoms with Crippen LogP contribution in [0.3, 0.4) is 0 Å². The predicted molar refractivity (Wildman–Crippen MR) is 121 cm³/mol. The van der Waals surface area contributed by atoms with Gasteiger partial charge in [0, 0.05) is 29.9 Å². The molecule has 4 rings (SSSR count).